The van der Waals surface area contributed by atoms with E-state index in [4.69, 9.17) is 21.1 Å². The average molecular weight is 463 g/mol. The molecule has 4 aliphatic carbocycles. The Bertz CT molecular complexity index is 927. The number of hydrogen-bond donors (Lipinski definition) is 0. The van der Waals surface area contributed by atoms with E-state index in [1.807, 2.05) is 6.08 Å². The molecule has 1 unspecified atom stereocenters. The van der Waals surface area contributed by atoms with E-state index in [-0.39, 0.29) is 64.7 Å². The molecule has 9 atom stereocenters. The number of carbonyl (C=O) groups is 3. The highest BCUT2D eigenvalue weighted by molar-refractivity contribution is 6.29. The second kappa shape index (κ2) is 6.91. The minimum Gasteiger partial charge on any atom is -0.450 e. The first-order valence-corrected chi connectivity index (χ1v) is 12.8. The fourth-order valence-corrected chi connectivity index (χ4v) is 9.15. The van der Waals surface area contributed by atoms with Crippen LogP contribution >= 0.6 is 11.6 Å². The van der Waals surface area contributed by atoms with E-state index in [2.05, 4.69) is 27.7 Å². The third-order valence-electron chi connectivity index (χ3n) is 10.3. The highest BCUT2D eigenvalue weighted by Gasteiger charge is 2.83. The van der Waals surface area contributed by atoms with Gasteiger partial charge in [-0.15, -0.1) is 11.6 Å². The number of epoxide rings is 1. The molecule has 0 aromatic carbocycles. The molecule has 5 nitrogen and oxygen atoms in total. The van der Waals surface area contributed by atoms with Crippen molar-refractivity contribution in [1.29, 1.82) is 0 Å². The number of Topliss-reactive ketones (excluding diaryl/α,β-unsaturated/α-hetero) is 1. The van der Waals surface area contributed by atoms with Crippen LogP contribution in [-0.2, 0) is 23.9 Å². The summed E-state index contributed by atoms with van der Waals surface area (Å²) >= 11 is 6.13. The number of carbonyl (C=O) groups excluding carboxylic acids is 3. The molecule has 6 heteroatoms. The number of esters is 1. The van der Waals surface area contributed by atoms with Gasteiger partial charge in [-0.25, -0.2) is 0 Å². The maximum Gasteiger partial charge on any atom is 0.306 e. The van der Waals surface area contributed by atoms with Gasteiger partial charge >= 0.3 is 5.97 Å². The summed E-state index contributed by atoms with van der Waals surface area (Å²) in [5.74, 6) is 0.214. The topological polar surface area (TPSA) is 73.0 Å². The van der Waals surface area contributed by atoms with E-state index in [1.54, 1.807) is 6.92 Å². The number of ketones is 2. The van der Waals surface area contributed by atoms with Crippen LogP contribution in [0.2, 0.25) is 0 Å². The smallest absolute Gasteiger partial charge is 0.306 e. The van der Waals surface area contributed by atoms with Crippen molar-refractivity contribution in [3.8, 4) is 0 Å². The van der Waals surface area contributed by atoms with Gasteiger partial charge in [-0.3, -0.25) is 14.4 Å². The predicted molar refractivity (Wildman–Crippen MR) is 120 cm³/mol. The molecule has 0 amide bonds. The van der Waals surface area contributed by atoms with Crippen LogP contribution in [-0.4, -0.2) is 40.7 Å². The Kier molecular flexibility index (Phi) is 4.88. The molecule has 0 bridgehead atoms. The first-order chi connectivity index (χ1) is 15.0. The van der Waals surface area contributed by atoms with Gasteiger partial charge in [0.2, 0.25) is 0 Å². The van der Waals surface area contributed by atoms with Crippen molar-refractivity contribution >= 4 is 29.1 Å². The lowest BCUT2D eigenvalue weighted by molar-refractivity contribution is -0.191. The number of hydrogen-bond acceptors (Lipinski definition) is 5. The quantitative estimate of drug-likeness (QED) is 0.345. The second-order valence-electron chi connectivity index (χ2n) is 11.5. The van der Waals surface area contributed by atoms with Crippen molar-refractivity contribution in [2.45, 2.75) is 90.4 Å². The summed E-state index contributed by atoms with van der Waals surface area (Å²) in [6.45, 7) is 10.5. The second-order valence-corrected chi connectivity index (χ2v) is 11.8. The molecule has 1 heterocycles. The molecule has 1 aliphatic heterocycles. The van der Waals surface area contributed by atoms with Crippen LogP contribution in [0.3, 0.4) is 0 Å². The number of halogens is 1. The molecule has 0 aromatic rings. The van der Waals surface area contributed by atoms with E-state index in [0.717, 1.165) is 19.3 Å². The van der Waals surface area contributed by atoms with E-state index in [9.17, 15) is 14.4 Å². The fraction of sp³-hybridized carbons (Fsp3) is 0.808. The molecule has 1 spiro atoms. The summed E-state index contributed by atoms with van der Waals surface area (Å²) in [7, 11) is 0. The Morgan fingerprint density at radius 2 is 1.94 bits per heavy atom. The Balaban J connectivity index is 1.62. The van der Waals surface area contributed by atoms with Gasteiger partial charge in [-0.05, 0) is 49.5 Å². The van der Waals surface area contributed by atoms with Crippen LogP contribution in [0.1, 0.15) is 73.1 Å². The number of rotatable bonds is 4. The van der Waals surface area contributed by atoms with Crippen LogP contribution in [0.15, 0.2) is 11.6 Å². The van der Waals surface area contributed by atoms with Crippen molar-refractivity contribution in [2.24, 2.45) is 34.5 Å². The molecule has 4 fully saturated rings. The Hall–Kier alpha value is -1.20. The van der Waals surface area contributed by atoms with Gasteiger partial charge in [-0.1, -0.05) is 40.2 Å². The Morgan fingerprint density at radius 1 is 1.22 bits per heavy atom. The molecule has 3 saturated carbocycles. The zero-order valence-electron chi connectivity index (χ0n) is 19.8. The largest absolute Gasteiger partial charge is 0.450 e. The van der Waals surface area contributed by atoms with Gasteiger partial charge in [0, 0.05) is 29.6 Å². The van der Waals surface area contributed by atoms with Gasteiger partial charge in [0.15, 0.2) is 17.2 Å². The molecular formula is C26H35ClO5. The lowest BCUT2D eigenvalue weighted by Crippen LogP contribution is -2.64. The molecule has 0 radical (unpaired) electrons. The van der Waals surface area contributed by atoms with Gasteiger partial charge in [0.25, 0.3) is 0 Å². The van der Waals surface area contributed by atoms with E-state index < -0.39 is 11.0 Å². The standard InChI is InChI=1S/C26H35ClO5/c1-6-22(30)32-25(20(29)13-27)15(3)10-18-19-9-14(2)17-11-16(28)7-8-23(17,4)26(19)21(31-26)12-24(18,25)5/h11,14-15,18-19,21H,6-10,12-13H2,1-5H3/t14-,15-,18-,19-,21-,23-,24-,25-,26?/m0/s1. The van der Waals surface area contributed by atoms with Crippen LogP contribution in [0, 0.1) is 34.5 Å². The summed E-state index contributed by atoms with van der Waals surface area (Å²) < 4.78 is 12.8. The minimum absolute atomic E-state index is 0.0102. The first kappa shape index (κ1) is 22.6. The number of ether oxygens (including phenoxy) is 2. The van der Waals surface area contributed by atoms with Crippen molar-refractivity contribution in [3.63, 3.8) is 0 Å². The van der Waals surface area contributed by atoms with Crippen LogP contribution < -0.4 is 0 Å². The van der Waals surface area contributed by atoms with Crippen LogP contribution in [0.5, 0.6) is 0 Å². The first-order valence-electron chi connectivity index (χ1n) is 12.3. The molecule has 176 valence electrons. The van der Waals surface area contributed by atoms with Gasteiger partial charge < -0.3 is 9.47 Å². The summed E-state index contributed by atoms with van der Waals surface area (Å²) in [5.41, 5.74) is -0.888. The third kappa shape index (κ3) is 2.43. The third-order valence-corrected chi connectivity index (χ3v) is 10.5. The lowest BCUT2D eigenvalue weighted by Gasteiger charge is -2.58. The predicted octanol–water partition coefficient (Wildman–Crippen LogP) is 4.64. The van der Waals surface area contributed by atoms with Crippen molar-refractivity contribution < 1.29 is 23.9 Å². The van der Waals surface area contributed by atoms with E-state index in [1.165, 1.54) is 5.57 Å². The molecule has 5 aliphatic rings. The molecule has 5 rings (SSSR count). The zero-order chi connectivity index (χ0) is 23.3. The summed E-state index contributed by atoms with van der Waals surface area (Å²) in [6, 6.07) is 0. The van der Waals surface area contributed by atoms with Gasteiger partial charge in [0.05, 0.1) is 12.0 Å². The Labute approximate surface area is 195 Å². The molecular weight excluding hydrogens is 428 g/mol. The molecule has 0 aromatic heterocycles. The van der Waals surface area contributed by atoms with Crippen LogP contribution in [0.25, 0.3) is 0 Å². The molecule has 0 N–H and O–H groups in total. The van der Waals surface area contributed by atoms with Gasteiger partial charge in [0.1, 0.15) is 5.60 Å². The zero-order valence-corrected chi connectivity index (χ0v) is 20.6. The van der Waals surface area contributed by atoms with E-state index >= 15 is 0 Å². The SMILES string of the molecule is CCC(=O)O[C@]1(C(=O)CCl)[C@@H](C)C[C@H]2[C@@H]3C[C@H](C)C4=CC(=O)CC[C@]4(C)C34O[C@H]4C[C@@]21C. The molecule has 32 heavy (non-hydrogen) atoms. The monoisotopic (exact) mass is 462 g/mol. The fourth-order valence-electron chi connectivity index (χ4n) is 8.95. The number of alkyl halides is 1. The maximum absolute atomic E-state index is 13.4. The summed E-state index contributed by atoms with van der Waals surface area (Å²) in [6.07, 6.45) is 5.97. The normalized spacial score (nSPS) is 51.0. The summed E-state index contributed by atoms with van der Waals surface area (Å²) in [4.78, 5) is 38.3. The highest BCUT2D eigenvalue weighted by atomic mass is 35.5. The van der Waals surface area contributed by atoms with E-state index in [0.29, 0.717) is 18.8 Å². The number of fused-ring (bicyclic) bond motifs is 3. The highest BCUT2D eigenvalue weighted by Crippen LogP contribution is 2.78. The van der Waals surface area contributed by atoms with Crippen molar-refractivity contribution in [3.05, 3.63) is 11.6 Å². The van der Waals surface area contributed by atoms with Crippen molar-refractivity contribution in [2.75, 3.05) is 5.88 Å². The Morgan fingerprint density at radius 3 is 2.59 bits per heavy atom. The van der Waals surface area contributed by atoms with Crippen molar-refractivity contribution in [1.82, 2.24) is 0 Å². The lowest BCUT2D eigenvalue weighted by atomic mass is 9.44. The van der Waals surface area contributed by atoms with Crippen LogP contribution in [0.4, 0.5) is 0 Å². The van der Waals surface area contributed by atoms with Gasteiger partial charge in [-0.2, -0.15) is 0 Å². The average Bonchev–Trinajstić information content (AvgIpc) is 3.43. The summed E-state index contributed by atoms with van der Waals surface area (Å²) in [5, 5.41) is 0. The maximum atomic E-state index is 13.4. The minimum atomic E-state index is -1.20. The molecule has 1 saturated heterocycles.